The van der Waals surface area contributed by atoms with Gasteiger partial charge >= 0.3 is 0 Å². The molecule has 1 aromatic rings. The van der Waals surface area contributed by atoms with Gasteiger partial charge in [-0.1, -0.05) is 19.1 Å². The lowest BCUT2D eigenvalue weighted by Gasteiger charge is -1.99. The van der Waals surface area contributed by atoms with Gasteiger partial charge in [0, 0.05) is 16.4 Å². The lowest BCUT2D eigenvalue weighted by atomic mass is 10.1. The third-order valence-electron chi connectivity index (χ3n) is 2.00. The number of hydrogen-bond donors (Lipinski definition) is 0. The highest BCUT2D eigenvalue weighted by atomic mass is 127. The minimum atomic E-state index is 0.346. The average molecular weight is 288 g/mol. The molecule has 0 saturated carbocycles. The molecule has 0 saturated heterocycles. The normalized spacial score (nSPS) is 10.0. The van der Waals surface area contributed by atoms with Crippen molar-refractivity contribution in [1.82, 2.24) is 0 Å². The summed E-state index contributed by atoms with van der Waals surface area (Å²) >= 11 is 2.28. The van der Waals surface area contributed by atoms with Crippen molar-refractivity contribution < 1.29 is 4.79 Å². The summed E-state index contributed by atoms with van der Waals surface area (Å²) in [5.74, 6) is 0.346. The number of halogens is 1. The third kappa shape index (κ3) is 3.89. The fraction of sp³-hybridized carbons (Fsp3) is 0.364. The van der Waals surface area contributed by atoms with Crippen molar-refractivity contribution in [2.24, 2.45) is 0 Å². The van der Waals surface area contributed by atoms with E-state index in [2.05, 4.69) is 46.9 Å². The molecule has 0 aromatic heterocycles. The van der Waals surface area contributed by atoms with Crippen LogP contribution < -0.4 is 0 Å². The van der Waals surface area contributed by atoms with Crippen LogP contribution in [0.2, 0.25) is 0 Å². The van der Waals surface area contributed by atoms with Crippen LogP contribution in [-0.4, -0.2) is 5.78 Å². The van der Waals surface area contributed by atoms with Gasteiger partial charge in [-0.05, 0) is 46.7 Å². The lowest BCUT2D eigenvalue weighted by Crippen LogP contribution is -1.97. The van der Waals surface area contributed by atoms with Crippen molar-refractivity contribution >= 4 is 28.4 Å². The van der Waals surface area contributed by atoms with Crippen LogP contribution in [0, 0.1) is 3.57 Å². The number of carbonyl (C=O) groups excluding carboxylic acids is 1. The largest absolute Gasteiger partial charge is 0.300 e. The van der Waals surface area contributed by atoms with Crippen molar-refractivity contribution in [3.63, 3.8) is 0 Å². The first-order valence-corrected chi connectivity index (χ1v) is 5.56. The van der Waals surface area contributed by atoms with Gasteiger partial charge in [0.15, 0.2) is 0 Å². The maximum Gasteiger partial charge on any atom is 0.132 e. The van der Waals surface area contributed by atoms with Gasteiger partial charge in [0.25, 0.3) is 0 Å². The van der Waals surface area contributed by atoms with Crippen LogP contribution in [0.15, 0.2) is 24.3 Å². The number of aryl methyl sites for hydroxylation is 1. The van der Waals surface area contributed by atoms with Crippen molar-refractivity contribution in [1.29, 1.82) is 0 Å². The molecule has 1 rings (SSSR count). The van der Waals surface area contributed by atoms with Gasteiger partial charge in [0.05, 0.1) is 0 Å². The van der Waals surface area contributed by atoms with E-state index in [-0.39, 0.29) is 0 Å². The van der Waals surface area contributed by atoms with E-state index in [0.717, 1.165) is 6.42 Å². The fourth-order valence-electron chi connectivity index (χ4n) is 1.11. The van der Waals surface area contributed by atoms with Crippen LogP contribution >= 0.6 is 22.6 Å². The molecule has 13 heavy (non-hydrogen) atoms. The molecule has 0 fully saturated rings. The summed E-state index contributed by atoms with van der Waals surface area (Å²) in [4.78, 5) is 11.1. The molecule has 0 amide bonds. The monoisotopic (exact) mass is 288 g/mol. The van der Waals surface area contributed by atoms with Crippen LogP contribution in [0.4, 0.5) is 0 Å². The van der Waals surface area contributed by atoms with Crippen molar-refractivity contribution in [3.05, 3.63) is 33.4 Å². The van der Waals surface area contributed by atoms with Gasteiger partial charge in [0.2, 0.25) is 0 Å². The van der Waals surface area contributed by atoms with Crippen LogP contribution in [-0.2, 0) is 11.2 Å². The maximum absolute atomic E-state index is 11.1. The lowest BCUT2D eigenvalue weighted by molar-refractivity contribution is -0.118. The summed E-state index contributed by atoms with van der Waals surface area (Å²) in [5, 5.41) is 0. The zero-order valence-electron chi connectivity index (χ0n) is 7.72. The molecule has 1 aromatic carbocycles. The summed E-state index contributed by atoms with van der Waals surface area (Å²) in [6.45, 7) is 1.91. The number of hydrogen-bond acceptors (Lipinski definition) is 1. The van der Waals surface area contributed by atoms with E-state index in [0.29, 0.717) is 18.6 Å². The van der Waals surface area contributed by atoms with E-state index in [4.69, 9.17) is 0 Å². The fourth-order valence-corrected chi connectivity index (χ4v) is 1.47. The van der Waals surface area contributed by atoms with Gasteiger partial charge in [-0.3, -0.25) is 4.79 Å². The van der Waals surface area contributed by atoms with Crippen LogP contribution in [0.1, 0.15) is 25.3 Å². The second-order valence-electron chi connectivity index (χ2n) is 3.02. The Morgan fingerprint density at radius 2 is 1.92 bits per heavy atom. The van der Waals surface area contributed by atoms with E-state index < -0.39 is 0 Å². The molecule has 0 aliphatic rings. The van der Waals surface area contributed by atoms with E-state index in [1.807, 2.05) is 6.92 Å². The molecule has 0 unspecified atom stereocenters. The quantitative estimate of drug-likeness (QED) is 0.778. The third-order valence-corrected chi connectivity index (χ3v) is 2.72. The zero-order chi connectivity index (χ0) is 9.68. The van der Waals surface area contributed by atoms with Gasteiger partial charge < -0.3 is 0 Å². The minimum absolute atomic E-state index is 0.346. The molecule has 1 nitrogen and oxygen atoms in total. The molecule has 0 radical (unpaired) electrons. The minimum Gasteiger partial charge on any atom is -0.300 e. The SMILES string of the molecule is CCC(=O)CCc1ccc(I)cc1. The predicted octanol–water partition coefficient (Wildman–Crippen LogP) is 3.20. The number of rotatable bonds is 4. The summed E-state index contributed by atoms with van der Waals surface area (Å²) in [5.41, 5.74) is 1.25. The van der Waals surface area contributed by atoms with Crippen molar-refractivity contribution in [2.75, 3.05) is 0 Å². The highest BCUT2D eigenvalue weighted by Gasteiger charge is 1.99. The summed E-state index contributed by atoms with van der Waals surface area (Å²) in [6, 6.07) is 8.33. The molecule has 0 N–H and O–H groups in total. The maximum atomic E-state index is 11.1. The Morgan fingerprint density at radius 1 is 1.31 bits per heavy atom. The number of ketones is 1. The first-order chi connectivity index (χ1) is 6.22. The second kappa shape index (κ2) is 5.37. The molecule has 0 aliphatic heterocycles. The Hall–Kier alpha value is -0.380. The molecule has 0 aliphatic carbocycles. The average Bonchev–Trinajstić information content (AvgIpc) is 2.16. The number of Topliss-reactive ketones (excluding diaryl/α,β-unsaturated/α-hetero) is 1. The Kier molecular flexibility index (Phi) is 4.42. The molecule has 0 heterocycles. The molecular weight excluding hydrogens is 275 g/mol. The Balaban J connectivity index is 2.46. The standard InChI is InChI=1S/C11H13IO/c1-2-11(13)8-5-9-3-6-10(12)7-4-9/h3-4,6-7H,2,5,8H2,1H3. The molecule has 2 heteroatoms. The number of benzene rings is 1. The topological polar surface area (TPSA) is 17.1 Å². The number of carbonyl (C=O) groups is 1. The molecular formula is C11H13IO. The van der Waals surface area contributed by atoms with Gasteiger partial charge in [0.1, 0.15) is 5.78 Å². The van der Waals surface area contributed by atoms with Gasteiger partial charge in [-0.2, -0.15) is 0 Å². The van der Waals surface area contributed by atoms with Crippen LogP contribution in [0.3, 0.4) is 0 Å². The van der Waals surface area contributed by atoms with E-state index in [1.54, 1.807) is 0 Å². The van der Waals surface area contributed by atoms with Crippen LogP contribution in [0.25, 0.3) is 0 Å². The van der Waals surface area contributed by atoms with E-state index in [9.17, 15) is 4.79 Å². The highest BCUT2D eigenvalue weighted by molar-refractivity contribution is 14.1. The summed E-state index contributed by atoms with van der Waals surface area (Å²) in [6.07, 6.45) is 2.21. The second-order valence-corrected chi connectivity index (χ2v) is 4.26. The Morgan fingerprint density at radius 3 is 2.46 bits per heavy atom. The van der Waals surface area contributed by atoms with Crippen molar-refractivity contribution in [3.8, 4) is 0 Å². The smallest absolute Gasteiger partial charge is 0.132 e. The summed E-state index contributed by atoms with van der Waals surface area (Å²) in [7, 11) is 0. The molecule has 0 bridgehead atoms. The summed E-state index contributed by atoms with van der Waals surface area (Å²) < 4.78 is 1.24. The van der Waals surface area contributed by atoms with Crippen LogP contribution in [0.5, 0.6) is 0 Å². The Labute approximate surface area is 92.7 Å². The highest BCUT2D eigenvalue weighted by Crippen LogP contribution is 2.09. The van der Waals surface area contributed by atoms with Gasteiger partial charge in [-0.15, -0.1) is 0 Å². The van der Waals surface area contributed by atoms with E-state index in [1.165, 1.54) is 9.13 Å². The van der Waals surface area contributed by atoms with E-state index >= 15 is 0 Å². The first kappa shape index (κ1) is 10.7. The van der Waals surface area contributed by atoms with Gasteiger partial charge in [-0.25, -0.2) is 0 Å². The predicted molar refractivity (Wildman–Crippen MR) is 62.8 cm³/mol. The Bertz CT molecular complexity index is 277. The molecule has 70 valence electrons. The molecule has 0 atom stereocenters. The van der Waals surface area contributed by atoms with Crippen molar-refractivity contribution in [2.45, 2.75) is 26.2 Å². The zero-order valence-corrected chi connectivity index (χ0v) is 9.87. The molecule has 0 spiro atoms. The first-order valence-electron chi connectivity index (χ1n) is 4.48.